The van der Waals surface area contributed by atoms with Gasteiger partial charge in [0.15, 0.2) is 0 Å². The molecule has 0 heterocycles. The monoisotopic (exact) mass is 257 g/mol. The molecule has 0 aromatic carbocycles. The molecule has 0 radical (unpaired) electrons. The van der Waals surface area contributed by atoms with E-state index in [0.717, 1.165) is 39.1 Å². The normalized spacial score (nSPS) is 11.3. The number of carbonyl (C=O) groups is 1. The van der Waals surface area contributed by atoms with Crippen LogP contribution in [0.25, 0.3) is 0 Å². The Kier molecular flexibility index (Phi) is 9.98. The van der Waals surface area contributed by atoms with Crippen LogP contribution in [0.1, 0.15) is 41.0 Å². The topological polar surface area (TPSA) is 35.6 Å². The van der Waals surface area contributed by atoms with Gasteiger partial charge in [-0.05, 0) is 33.0 Å². The number of nitrogens with one attached hydrogen (secondary N) is 1. The van der Waals surface area contributed by atoms with Gasteiger partial charge in [-0.1, -0.05) is 27.7 Å². The number of rotatable bonds is 10. The number of nitrogens with zero attached hydrogens (tertiary/aromatic N) is 2. The highest BCUT2D eigenvalue weighted by Gasteiger charge is 2.11. The molecule has 0 aromatic rings. The SMILES string of the molecule is CCN(CC)CCCN(CC)C(=O)CNC(C)C. The molecule has 4 heteroatoms. The van der Waals surface area contributed by atoms with Gasteiger partial charge in [0.25, 0.3) is 0 Å². The average molecular weight is 257 g/mol. The molecule has 1 amide bonds. The maximum absolute atomic E-state index is 11.9. The van der Waals surface area contributed by atoms with Crippen LogP contribution in [0, 0.1) is 0 Å². The highest BCUT2D eigenvalue weighted by Crippen LogP contribution is 1.96. The average Bonchev–Trinajstić information content (AvgIpc) is 2.36. The van der Waals surface area contributed by atoms with Crippen molar-refractivity contribution in [2.45, 2.75) is 47.1 Å². The molecule has 0 bridgehead atoms. The zero-order valence-corrected chi connectivity index (χ0v) is 12.8. The van der Waals surface area contributed by atoms with Gasteiger partial charge < -0.3 is 15.1 Å². The maximum atomic E-state index is 11.9. The molecule has 0 atom stereocenters. The van der Waals surface area contributed by atoms with E-state index >= 15 is 0 Å². The van der Waals surface area contributed by atoms with Crippen LogP contribution in [0.5, 0.6) is 0 Å². The Labute approximate surface area is 113 Å². The van der Waals surface area contributed by atoms with Gasteiger partial charge in [-0.3, -0.25) is 4.79 Å². The molecule has 0 aliphatic rings. The third-order valence-corrected chi connectivity index (χ3v) is 3.19. The Balaban J connectivity index is 3.91. The summed E-state index contributed by atoms with van der Waals surface area (Å²) in [5.74, 6) is 0.214. The molecular weight excluding hydrogens is 226 g/mol. The number of amides is 1. The fourth-order valence-electron chi connectivity index (χ4n) is 1.89. The summed E-state index contributed by atoms with van der Waals surface area (Å²) in [7, 11) is 0. The molecule has 0 aliphatic heterocycles. The Bertz CT molecular complexity index is 215. The Hall–Kier alpha value is -0.610. The van der Waals surface area contributed by atoms with Crippen LogP contribution in [0.4, 0.5) is 0 Å². The van der Waals surface area contributed by atoms with Crippen molar-refractivity contribution in [1.29, 1.82) is 0 Å². The van der Waals surface area contributed by atoms with E-state index < -0.39 is 0 Å². The van der Waals surface area contributed by atoms with Gasteiger partial charge in [0.2, 0.25) is 5.91 Å². The zero-order chi connectivity index (χ0) is 14.0. The first-order chi connectivity index (χ1) is 8.54. The molecule has 0 aromatic heterocycles. The summed E-state index contributed by atoms with van der Waals surface area (Å²) < 4.78 is 0. The van der Waals surface area contributed by atoms with Gasteiger partial charge in [0, 0.05) is 19.1 Å². The summed E-state index contributed by atoms with van der Waals surface area (Å²) >= 11 is 0. The van der Waals surface area contributed by atoms with Crippen LogP contribution in [0.2, 0.25) is 0 Å². The number of hydrogen-bond donors (Lipinski definition) is 1. The van der Waals surface area contributed by atoms with Crippen molar-refractivity contribution in [3.63, 3.8) is 0 Å². The van der Waals surface area contributed by atoms with Crippen LogP contribution < -0.4 is 5.32 Å². The second-order valence-corrected chi connectivity index (χ2v) is 4.89. The van der Waals surface area contributed by atoms with E-state index in [0.29, 0.717) is 12.6 Å². The van der Waals surface area contributed by atoms with Gasteiger partial charge in [0.05, 0.1) is 6.54 Å². The predicted molar refractivity (Wildman–Crippen MR) is 77.8 cm³/mol. The van der Waals surface area contributed by atoms with E-state index in [1.807, 2.05) is 11.8 Å². The van der Waals surface area contributed by atoms with Crippen LogP contribution in [-0.4, -0.2) is 61.0 Å². The van der Waals surface area contributed by atoms with E-state index in [2.05, 4.69) is 37.9 Å². The quantitative estimate of drug-likeness (QED) is 0.645. The third-order valence-electron chi connectivity index (χ3n) is 3.19. The lowest BCUT2D eigenvalue weighted by atomic mass is 10.3. The summed E-state index contributed by atoms with van der Waals surface area (Å²) in [5.41, 5.74) is 0. The van der Waals surface area contributed by atoms with Crippen molar-refractivity contribution in [2.75, 3.05) is 39.3 Å². The maximum Gasteiger partial charge on any atom is 0.236 e. The van der Waals surface area contributed by atoms with Crippen LogP contribution in [0.15, 0.2) is 0 Å². The van der Waals surface area contributed by atoms with E-state index in [9.17, 15) is 4.79 Å². The standard InChI is InChI=1S/C14H31N3O/c1-6-16(7-2)10-9-11-17(8-3)14(18)12-15-13(4)5/h13,15H,6-12H2,1-5H3. The lowest BCUT2D eigenvalue weighted by molar-refractivity contribution is -0.130. The van der Waals surface area contributed by atoms with Crippen molar-refractivity contribution in [2.24, 2.45) is 0 Å². The highest BCUT2D eigenvalue weighted by atomic mass is 16.2. The lowest BCUT2D eigenvalue weighted by Gasteiger charge is -2.24. The van der Waals surface area contributed by atoms with Crippen molar-refractivity contribution in [3.05, 3.63) is 0 Å². The smallest absolute Gasteiger partial charge is 0.236 e. The second-order valence-electron chi connectivity index (χ2n) is 4.89. The summed E-state index contributed by atoms with van der Waals surface area (Å²) in [5, 5.41) is 3.18. The lowest BCUT2D eigenvalue weighted by Crippen LogP contribution is -2.41. The number of likely N-dealkylation sites (N-methyl/N-ethyl adjacent to an activating group) is 1. The minimum atomic E-state index is 0.214. The number of carbonyl (C=O) groups excluding carboxylic acids is 1. The molecule has 0 rings (SSSR count). The van der Waals surface area contributed by atoms with Crippen molar-refractivity contribution in [1.82, 2.24) is 15.1 Å². The van der Waals surface area contributed by atoms with E-state index in [4.69, 9.17) is 0 Å². The first-order valence-electron chi connectivity index (χ1n) is 7.28. The predicted octanol–water partition coefficient (Wildman–Crippen LogP) is 1.56. The molecule has 0 saturated carbocycles. The first-order valence-corrected chi connectivity index (χ1v) is 7.28. The fourth-order valence-corrected chi connectivity index (χ4v) is 1.89. The van der Waals surface area contributed by atoms with Gasteiger partial charge >= 0.3 is 0 Å². The molecule has 0 spiro atoms. The largest absolute Gasteiger partial charge is 0.342 e. The Morgan fingerprint density at radius 2 is 1.67 bits per heavy atom. The molecule has 0 saturated heterocycles. The van der Waals surface area contributed by atoms with E-state index in [1.54, 1.807) is 0 Å². The van der Waals surface area contributed by atoms with Crippen LogP contribution >= 0.6 is 0 Å². The molecule has 0 fully saturated rings. The third kappa shape index (κ3) is 7.67. The fraction of sp³-hybridized carbons (Fsp3) is 0.929. The summed E-state index contributed by atoms with van der Waals surface area (Å²) in [6.07, 6.45) is 1.06. The molecule has 0 aliphatic carbocycles. The highest BCUT2D eigenvalue weighted by molar-refractivity contribution is 5.78. The van der Waals surface area contributed by atoms with Gasteiger partial charge in [-0.2, -0.15) is 0 Å². The number of hydrogen-bond acceptors (Lipinski definition) is 3. The molecule has 1 N–H and O–H groups in total. The first kappa shape index (κ1) is 17.4. The minimum Gasteiger partial charge on any atom is -0.342 e. The van der Waals surface area contributed by atoms with Crippen molar-refractivity contribution < 1.29 is 4.79 Å². The second kappa shape index (κ2) is 10.3. The van der Waals surface area contributed by atoms with Gasteiger partial charge in [-0.15, -0.1) is 0 Å². The zero-order valence-electron chi connectivity index (χ0n) is 12.8. The van der Waals surface area contributed by atoms with E-state index in [-0.39, 0.29) is 5.91 Å². The molecule has 4 nitrogen and oxygen atoms in total. The minimum absolute atomic E-state index is 0.214. The molecular formula is C14H31N3O. The van der Waals surface area contributed by atoms with Crippen molar-refractivity contribution in [3.8, 4) is 0 Å². The summed E-state index contributed by atoms with van der Waals surface area (Å²) in [6, 6.07) is 0.364. The molecule has 0 unspecified atom stereocenters. The molecule has 108 valence electrons. The molecule has 18 heavy (non-hydrogen) atoms. The van der Waals surface area contributed by atoms with Crippen LogP contribution in [0.3, 0.4) is 0 Å². The summed E-state index contributed by atoms with van der Waals surface area (Å²) in [4.78, 5) is 16.3. The Morgan fingerprint density at radius 3 is 2.11 bits per heavy atom. The van der Waals surface area contributed by atoms with Crippen molar-refractivity contribution >= 4 is 5.91 Å². The van der Waals surface area contributed by atoms with Crippen LogP contribution in [-0.2, 0) is 4.79 Å². The Morgan fingerprint density at radius 1 is 1.06 bits per heavy atom. The van der Waals surface area contributed by atoms with Gasteiger partial charge in [0.1, 0.15) is 0 Å². The summed E-state index contributed by atoms with van der Waals surface area (Å²) in [6.45, 7) is 15.9. The van der Waals surface area contributed by atoms with E-state index in [1.165, 1.54) is 0 Å². The van der Waals surface area contributed by atoms with Gasteiger partial charge in [-0.25, -0.2) is 0 Å².